The van der Waals surface area contributed by atoms with Crippen LogP contribution < -0.4 is 4.74 Å². The molecule has 0 amide bonds. The Morgan fingerprint density at radius 2 is 1.94 bits per heavy atom. The average molecular weight is 253 g/mol. The topological polar surface area (TPSA) is 26.3 Å². The molecule has 0 aromatic heterocycles. The number of carbonyl (C=O) groups is 1. The standard InChI is InChI=1S/C10H8ClF3O2/c1-5-3-7(10(12,13)14)6(9(11)15)4-8(5)16-2/h3-4H,1-2H3. The maximum absolute atomic E-state index is 12.6. The molecule has 16 heavy (non-hydrogen) atoms. The first kappa shape index (κ1) is 12.8. The van der Waals surface area contributed by atoms with Crippen molar-refractivity contribution in [2.24, 2.45) is 0 Å². The van der Waals surface area contributed by atoms with Crippen LogP contribution in [0.3, 0.4) is 0 Å². The molecule has 0 saturated heterocycles. The smallest absolute Gasteiger partial charge is 0.417 e. The van der Waals surface area contributed by atoms with E-state index >= 15 is 0 Å². The van der Waals surface area contributed by atoms with Crippen LogP contribution in [-0.4, -0.2) is 12.4 Å². The molecule has 0 fully saturated rings. The Morgan fingerprint density at radius 1 is 1.38 bits per heavy atom. The second-order valence-corrected chi connectivity index (χ2v) is 3.48. The fourth-order valence-electron chi connectivity index (χ4n) is 1.31. The number of aryl methyl sites for hydroxylation is 1. The first-order chi connectivity index (χ1) is 7.27. The highest BCUT2D eigenvalue weighted by molar-refractivity contribution is 6.68. The molecule has 1 aromatic carbocycles. The molecule has 0 heterocycles. The van der Waals surface area contributed by atoms with Gasteiger partial charge < -0.3 is 4.74 Å². The lowest BCUT2D eigenvalue weighted by molar-refractivity contribution is -0.137. The van der Waals surface area contributed by atoms with Crippen LogP contribution in [0.1, 0.15) is 21.5 Å². The second-order valence-electron chi connectivity index (χ2n) is 3.14. The van der Waals surface area contributed by atoms with E-state index in [9.17, 15) is 18.0 Å². The summed E-state index contributed by atoms with van der Waals surface area (Å²) in [6.07, 6.45) is -4.61. The van der Waals surface area contributed by atoms with Crippen molar-refractivity contribution in [1.82, 2.24) is 0 Å². The molecule has 0 spiro atoms. The summed E-state index contributed by atoms with van der Waals surface area (Å²) in [4.78, 5) is 10.9. The summed E-state index contributed by atoms with van der Waals surface area (Å²) in [5.41, 5.74) is -1.36. The van der Waals surface area contributed by atoms with Crippen LogP contribution in [0.2, 0.25) is 0 Å². The van der Waals surface area contributed by atoms with Crippen molar-refractivity contribution < 1.29 is 22.7 Å². The van der Waals surface area contributed by atoms with Crippen LogP contribution in [0.4, 0.5) is 13.2 Å². The van der Waals surface area contributed by atoms with E-state index in [1.165, 1.54) is 14.0 Å². The first-order valence-corrected chi connectivity index (χ1v) is 4.61. The van der Waals surface area contributed by atoms with Gasteiger partial charge in [0.05, 0.1) is 12.7 Å². The lowest BCUT2D eigenvalue weighted by Gasteiger charge is -2.13. The summed E-state index contributed by atoms with van der Waals surface area (Å²) in [6, 6.07) is 1.84. The summed E-state index contributed by atoms with van der Waals surface area (Å²) >= 11 is 5.10. The van der Waals surface area contributed by atoms with Gasteiger partial charge in [0.15, 0.2) is 0 Å². The van der Waals surface area contributed by atoms with Gasteiger partial charge in [0.1, 0.15) is 5.75 Å². The van der Waals surface area contributed by atoms with Crippen LogP contribution >= 0.6 is 11.6 Å². The Balaban J connectivity index is 3.49. The summed E-state index contributed by atoms with van der Waals surface area (Å²) in [6.45, 7) is 1.45. The minimum atomic E-state index is -4.61. The zero-order valence-electron chi connectivity index (χ0n) is 8.48. The van der Waals surface area contributed by atoms with Crippen molar-refractivity contribution in [2.45, 2.75) is 13.1 Å². The number of hydrogen-bond acceptors (Lipinski definition) is 2. The van der Waals surface area contributed by atoms with Crippen LogP contribution in [0, 0.1) is 6.92 Å². The van der Waals surface area contributed by atoms with Crippen molar-refractivity contribution >= 4 is 16.8 Å². The highest BCUT2D eigenvalue weighted by atomic mass is 35.5. The summed E-state index contributed by atoms with van der Waals surface area (Å²) in [5, 5.41) is -1.16. The summed E-state index contributed by atoms with van der Waals surface area (Å²) in [5.74, 6) is 0.192. The van der Waals surface area contributed by atoms with E-state index in [1.807, 2.05) is 0 Å². The number of carbonyl (C=O) groups excluding carboxylic acids is 1. The van der Waals surface area contributed by atoms with Gasteiger partial charge in [0.2, 0.25) is 0 Å². The van der Waals surface area contributed by atoms with Crippen LogP contribution in [0.15, 0.2) is 12.1 Å². The van der Waals surface area contributed by atoms with Gasteiger partial charge in [-0.3, -0.25) is 4.79 Å². The Kier molecular flexibility index (Phi) is 3.48. The zero-order chi connectivity index (χ0) is 12.5. The average Bonchev–Trinajstić information content (AvgIpc) is 2.15. The van der Waals surface area contributed by atoms with Crippen molar-refractivity contribution in [1.29, 1.82) is 0 Å². The van der Waals surface area contributed by atoms with Gasteiger partial charge in [-0.05, 0) is 36.2 Å². The third kappa shape index (κ3) is 2.47. The van der Waals surface area contributed by atoms with Crippen molar-refractivity contribution in [3.63, 3.8) is 0 Å². The molecule has 0 unspecified atom stereocenters. The van der Waals surface area contributed by atoms with E-state index in [1.54, 1.807) is 0 Å². The molecule has 6 heteroatoms. The number of hydrogen-bond donors (Lipinski definition) is 0. The molecule has 0 saturated carbocycles. The molecular formula is C10H8ClF3O2. The highest BCUT2D eigenvalue weighted by Crippen LogP contribution is 2.36. The van der Waals surface area contributed by atoms with Crippen molar-refractivity contribution in [3.05, 3.63) is 28.8 Å². The van der Waals surface area contributed by atoms with E-state index in [2.05, 4.69) is 0 Å². The van der Waals surface area contributed by atoms with E-state index in [0.29, 0.717) is 0 Å². The molecule has 2 nitrogen and oxygen atoms in total. The van der Waals surface area contributed by atoms with Crippen LogP contribution in [-0.2, 0) is 6.18 Å². The predicted molar refractivity (Wildman–Crippen MR) is 52.9 cm³/mol. The number of alkyl halides is 3. The van der Waals surface area contributed by atoms with Crippen LogP contribution in [0.5, 0.6) is 5.75 Å². The first-order valence-electron chi connectivity index (χ1n) is 4.23. The molecular weight excluding hydrogens is 245 g/mol. The monoisotopic (exact) mass is 252 g/mol. The molecule has 0 atom stereocenters. The van der Waals surface area contributed by atoms with E-state index in [4.69, 9.17) is 16.3 Å². The molecule has 1 rings (SSSR count). The van der Waals surface area contributed by atoms with Crippen molar-refractivity contribution in [2.75, 3.05) is 7.11 Å². The molecule has 0 aliphatic carbocycles. The molecule has 0 radical (unpaired) electrons. The van der Waals surface area contributed by atoms with Gasteiger partial charge in [-0.2, -0.15) is 13.2 Å². The molecule has 0 aliphatic rings. The van der Waals surface area contributed by atoms with Gasteiger partial charge in [-0.1, -0.05) is 0 Å². The fourth-order valence-corrected chi connectivity index (χ4v) is 1.46. The van der Waals surface area contributed by atoms with Gasteiger partial charge in [-0.25, -0.2) is 0 Å². The number of halogens is 4. The quantitative estimate of drug-likeness (QED) is 0.754. The van der Waals surface area contributed by atoms with E-state index in [0.717, 1.165) is 12.1 Å². The lowest BCUT2D eigenvalue weighted by atomic mass is 10.0. The maximum atomic E-state index is 12.6. The number of ether oxygens (including phenoxy) is 1. The normalized spacial score (nSPS) is 11.4. The Labute approximate surface area is 95.0 Å². The lowest BCUT2D eigenvalue weighted by Crippen LogP contribution is -2.11. The van der Waals surface area contributed by atoms with Gasteiger partial charge >= 0.3 is 6.18 Å². The second kappa shape index (κ2) is 4.33. The minimum absolute atomic E-state index is 0.192. The van der Waals surface area contributed by atoms with Crippen LogP contribution in [0.25, 0.3) is 0 Å². The van der Waals surface area contributed by atoms with E-state index in [-0.39, 0.29) is 11.3 Å². The van der Waals surface area contributed by atoms with E-state index < -0.39 is 22.5 Å². The SMILES string of the molecule is COc1cc(C(=O)Cl)c(C(F)(F)F)cc1C. The molecule has 0 bridgehead atoms. The van der Waals surface area contributed by atoms with Crippen molar-refractivity contribution in [3.8, 4) is 5.75 Å². The number of benzene rings is 1. The summed E-state index contributed by atoms with van der Waals surface area (Å²) in [7, 11) is 1.30. The van der Waals surface area contributed by atoms with Gasteiger partial charge in [0.25, 0.3) is 5.24 Å². The fraction of sp³-hybridized carbons (Fsp3) is 0.300. The molecule has 88 valence electrons. The minimum Gasteiger partial charge on any atom is -0.496 e. The highest BCUT2D eigenvalue weighted by Gasteiger charge is 2.35. The van der Waals surface area contributed by atoms with Gasteiger partial charge in [-0.15, -0.1) is 0 Å². The third-order valence-electron chi connectivity index (χ3n) is 2.05. The number of rotatable bonds is 2. The molecule has 1 aromatic rings. The Bertz CT molecular complexity index is 427. The largest absolute Gasteiger partial charge is 0.496 e. The Morgan fingerprint density at radius 3 is 2.31 bits per heavy atom. The molecule has 0 aliphatic heterocycles. The summed E-state index contributed by atoms with van der Waals surface area (Å²) < 4.78 is 42.5. The Hall–Kier alpha value is -1.23. The molecule has 0 N–H and O–H groups in total. The zero-order valence-corrected chi connectivity index (χ0v) is 9.24. The maximum Gasteiger partial charge on any atom is 0.417 e. The predicted octanol–water partition coefficient (Wildman–Crippen LogP) is 3.40. The number of methoxy groups -OCH3 is 1. The van der Waals surface area contributed by atoms with Gasteiger partial charge in [0, 0.05) is 5.56 Å². The third-order valence-corrected chi connectivity index (χ3v) is 2.26.